The van der Waals surface area contributed by atoms with Gasteiger partial charge in [0, 0.05) is 12.1 Å². The number of rotatable bonds is 9. The van der Waals surface area contributed by atoms with Crippen molar-refractivity contribution in [2.24, 2.45) is 0 Å². The van der Waals surface area contributed by atoms with Crippen LogP contribution in [0.15, 0.2) is 47.4 Å². The van der Waals surface area contributed by atoms with Crippen LogP contribution in [0.5, 0.6) is 11.5 Å². The molecule has 2 aromatic rings. The zero-order valence-corrected chi connectivity index (χ0v) is 14.2. The molecule has 0 radical (unpaired) electrons. The van der Waals surface area contributed by atoms with Gasteiger partial charge >= 0.3 is 0 Å². The first-order chi connectivity index (χ1) is 12.5. The molecule has 0 spiro atoms. The molecule has 0 aliphatic rings. The van der Waals surface area contributed by atoms with Gasteiger partial charge in [0.15, 0.2) is 0 Å². The Hall–Kier alpha value is -3.36. The summed E-state index contributed by atoms with van der Waals surface area (Å²) in [5.74, 6) is 0.941. The summed E-state index contributed by atoms with van der Waals surface area (Å²) in [4.78, 5) is 33.6. The predicted octanol–water partition coefficient (Wildman–Crippen LogP) is 1.35. The van der Waals surface area contributed by atoms with E-state index in [9.17, 15) is 19.7 Å². The summed E-state index contributed by atoms with van der Waals surface area (Å²) in [6.07, 6.45) is 1.04. The summed E-state index contributed by atoms with van der Waals surface area (Å²) in [6, 6.07) is 9.24. The summed E-state index contributed by atoms with van der Waals surface area (Å²) in [6.45, 7) is 2.65. The van der Waals surface area contributed by atoms with Crippen LogP contribution in [0, 0.1) is 10.1 Å². The van der Waals surface area contributed by atoms with Crippen LogP contribution in [0.3, 0.4) is 0 Å². The Morgan fingerprint density at radius 1 is 1.15 bits per heavy atom. The Morgan fingerprint density at radius 3 is 2.42 bits per heavy atom. The van der Waals surface area contributed by atoms with Crippen molar-refractivity contribution in [3.63, 3.8) is 0 Å². The number of aromatic nitrogens is 1. The van der Waals surface area contributed by atoms with E-state index < -0.39 is 16.4 Å². The summed E-state index contributed by atoms with van der Waals surface area (Å²) in [5.41, 5.74) is -0.743. The second-order valence-corrected chi connectivity index (χ2v) is 5.21. The molecule has 9 heteroatoms. The number of nitro groups is 1. The summed E-state index contributed by atoms with van der Waals surface area (Å²) in [5, 5.41) is 13.3. The van der Waals surface area contributed by atoms with Crippen LogP contribution in [0.1, 0.15) is 6.92 Å². The molecule has 1 amide bonds. The number of hydrogen-bond acceptors (Lipinski definition) is 6. The maximum Gasteiger partial charge on any atom is 0.285 e. The van der Waals surface area contributed by atoms with Gasteiger partial charge in [0.25, 0.3) is 11.2 Å². The maximum atomic E-state index is 11.9. The van der Waals surface area contributed by atoms with Crippen molar-refractivity contribution in [2.45, 2.75) is 13.5 Å². The summed E-state index contributed by atoms with van der Waals surface area (Å²) >= 11 is 0. The van der Waals surface area contributed by atoms with Gasteiger partial charge in [-0.2, -0.15) is 0 Å². The lowest BCUT2D eigenvalue weighted by molar-refractivity contribution is -0.385. The Morgan fingerprint density at radius 2 is 1.81 bits per heavy atom. The molecule has 0 bridgehead atoms. The quantitative estimate of drug-likeness (QED) is 0.410. The van der Waals surface area contributed by atoms with Crippen molar-refractivity contribution >= 4 is 11.6 Å². The van der Waals surface area contributed by atoms with Crippen LogP contribution >= 0.6 is 0 Å². The first kappa shape index (κ1) is 19.0. The molecule has 0 aliphatic heterocycles. The molecule has 26 heavy (non-hydrogen) atoms. The molecular formula is C17H19N3O6. The van der Waals surface area contributed by atoms with E-state index in [4.69, 9.17) is 9.47 Å². The van der Waals surface area contributed by atoms with E-state index in [1.54, 1.807) is 24.3 Å². The van der Waals surface area contributed by atoms with E-state index in [-0.39, 0.29) is 25.4 Å². The number of carbonyl (C=O) groups is 1. The fourth-order valence-electron chi connectivity index (χ4n) is 2.12. The van der Waals surface area contributed by atoms with E-state index in [0.29, 0.717) is 12.4 Å². The van der Waals surface area contributed by atoms with Gasteiger partial charge in [0.1, 0.15) is 24.7 Å². The number of nitrogens with zero attached hydrogens (tertiary/aromatic N) is 2. The van der Waals surface area contributed by atoms with Gasteiger partial charge in [0.05, 0.1) is 24.3 Å². The number of ether oxygens (including phenoxy) is 2. The number of nitrogens with one attached hydrogen (secondary N) is 1. The molecule has 0 fully saturated rings. The SMILES string of the molecule is CCOc1ccc(OCCNC(=O)Cn2cc([N+](=O)[O-])ccc2=O)cc1. The van der Waals surface area contributed by atoms with Crippen molar-refractivity contribution in [3.8, 4) is 11.5 Å². The lowest BCUT2D eigenvalue weighted by Gasteiger charge is -2.09. The lowest BCUT2D eigenvalue weighted by atomic mass is 10.3. The molecule has 9 nitrogen and oxygen atoms in total. The van der Waals surface area contributed by atoms with Crippen molar-refractivity contribution in [1.82, 2.24) is 9.88 Å². The molecule has 1 heterocycles. The normalized spacial score (nSPS) is 10.2. The largest absolute Gasteiger partial charge is 0.494 e. The smallest absolute Gasteiger partial charge is 0.285 e. The fourth-order valence-corrected chi connectivity index (χ4v) is 2.12. The standard InChI is InChI=1S/C17H19N3O6/c1-2-25-14-4-6-15(7-5-14)26-10-9-18-16(21)12-19-11-13(20(23)24)3-8-17(19)22/h3-8,11H,2,9-10,12H2,1H3,(H,18,21). The number of pyridine rings is 1. The van der Waals surface area contributed by atoms with Crippen LogP contribution in [-0.2, 0) is 11.3 Å². The average Bonchev–Trinajstić information content (AvgIpc) is 2.62. The predicted molar refractivity (Wildman–Crippen MR) is 93.5 cm³/mol. The number of benzene rings is 1. The third-order valence-electron chi connectivity index (χ3n) is 3.32. The minimum Gasteiger partial charge on any atom is -0.494 e. The third-order valence-corrected chi connectivity index (χ3v) is 3.32. The second-order valence-electron chi connectivity index (χ2n) is 5.21. The Kier molecular flexibility index (Phi) is 6.72. The van der Waals surface area contributed by atoms with Gasteiger partial charge in [-0.25, -0.2) is 0 Å². The zero-order valence-electron chi connectivity index (χ0n) is 14.2. The van der Waals surface area contributed by atoms with E-state index in [1.807, 2.05) is 6.92 Å². The van der Waals surface area contributed by atoms with Crippen LogP contribution in [-0.4, -0.2) is 35.2 Å². The Bertz CT molecular complexity index is 816. The summed E-state index contributed by atoms with van der Waals surface area (Å²) < 4.78 is 11.8. The molecule has 0 atom stereocenters. The summed E-state index contributed by atoms with van der Waals surface area (Å²) in [7, 11) is 0. The molecular weight excluding hydrogens is 342 g/mol. The third kappa shape index (κ3) is 5.62. The molecule has 2 rings (SSSR count). The molecule has 138 valence electrons. The van der Waals surface area contributed by atoms with Gasteiger partial charge < -0.3 is 14.8 Å². The molecule has 0 saturated heterocycles. The van der Waals surface area contributed by atoms with E-state index >= 15 is 0 Å². The fraction of sp³-hybridized carbons (Fsp3) is 0.294. The van der Waals surface area contributed by atoms with Crippen molar-refractivity contribution in [1.29, 1.82) is 0 Å². The monoisotopic (exact) mass is 361 g/mol. The highest BCUT2D eigenvalue weighted by Gasteiger charge is 2.10. The van der Waals surface area contributed by atoms with Gasteiger partial charge in [-0.15, -0.1) is 0 Å². The highest BCUT2D eigenvalue weighted by Crippen LogP contribution is 2.17. The Labute approximate surface area is 149 Å². The number of amides is 1. The van der Waals surface area contributed by atoms with E-state index in [1.165, 1.54) is 0 Å². The van der Waals surface area contributed by atoms with E-state index in [2.05, 4.69) is 5.32 Å². The van der Waals surface area contributed by atoms with Gasteiger partial charge in [0.2, 0.25) is 5.91 Å². The second kappa shape index (κ2) is 9.21. The zero-order chi connectivity index (χ0) is 18.9. The average molecular weight is 361 g/mol. The van der Waals surface area contributed by atoms with Crippen LogP contribution in [0.25, 0.3) is 0 Å². The van der Waals surface area contributed by atoms with Crippen LogP contribution < -0.4 is 20.3 Å². The minimum absolute atomic E-state index is 0.232. The van der Waals surface area contributed by atoms with E-state index in [0.717, 1.165) is 28.6 Å². The highest BCUT2D eigenvalue weighted by molar-refractivity contribution is 5.75. The molecule has 1 N–H and O–H groups in total. The van der Waals surface area contributed by atoms with Crippen LogP contribution in [0.4, 0.5) is 5.69 Å². The molecule has 0 aliphatic carbocycles. The van der Waals surface area contributed by atoms with Crippen molar-refractivity contribution in [3.05, 3.63) is 63.1 Å². The first-order valence-corrected chi connectivity index (χ1v) is 7.97. The van der Waals surface area contributed by atoms with Crippen molar-refractivity contribution in [2.75, 3.05) is 19.8 Å². The van der Waals surface area contributed by atoms with Crippen LogP contribution in [0.2, 0.25) is 0 Å². The Balaban J connectivity index is 1.78. The first-order valence-electron chi connectivity index (χ1n) is 7.97. The number of carbonyl (C=O) groups excluding carboxylic acids is 1. The molecule has 1 aromatic heterocycles. The molecule has 1 aromatic carbocycles. The number of hydrogen-bond donors (Lipinski definition) is 1. The van der Waals surface area contributed by atoms with Gasteiger partial charge in [-0.1, -0.05) is 0 Å². The lowest BCUT2D eigenvalue weighted by Crippen LogP contribution is -2.34. The molecule has 0 unspecified atom stereocenters. The molecule has 0 saturated carbocycles. The highest BCUT2D eigenvalue weighted by atomic mass is 16.6. The van der Waals surface area contributed by atoms with Crippen molar-refractivity contribution < 1.29 is 19.2 Å². The minimum atomic E-state index is -0.626. The van der Waals surface area contributed by atoms with Gasteiger partial charge in [-0.3, -0.25) is 24.3 Å². The van der Waals surface area contributed by atoms with Gasteiger partial charge in [-0.05, 0) is 31.2 Å². The topological polar surface area (TPSA) is 113 Å². The maximum absolute atomic E-state index is 11.9.